The fraction of sp³-hybridized carbons (Fsp3) is 0.333. The van der Waals surface area contributed by atoms with Crippen LogP contribution in [0.4, 0.5) is 0 Å². The second-order valence-corrected chi connectivity index (χ2v) is 4.66. The van der Waals surface area contributed by atoms with Gasteiger partial charge in [-0.1, -0.05) is 23.2 Å². The molecule has 0 aliphatic heterocycles. The van der Waals surface area contributed by atoms with E-state index < -0.39 is 0 Å². The highest BCUT2D eigenvalue weighted by molar-refractivity contribution is 6.35. The van der Waals surface area contributed by atoms with Crippen LogP contribution in [0, 0.1) is 0 Å². The molecule has 102 valence electrons. The Kier molecular flexibility index (Phi) is 4.63. The second kappa shape index (κ2) is 6.23. The van der Waals surface area contributed by atoms with Crippen LogP contribution in [0.5, 0.6) is 5.75 Å². The lowest BCUT2D eigenvalue weighted by Crippen LogP contribution is -2.08. The van der Waals surface area contributed by atoms with E-state index in [1.54, 1.807) is 16.8 Å². The summed E-state index contributed by atoms with van der Waals surface area (Å²) in [6.07, 6.45) is 1.47. The van der Waals surface area contributed by atoms with Crippen molar-refractivity contribution in [2.45, 2.75) is 26.7 Å². The standard InChI is InChI=1S/C12H13Cl2N3O2/c1-2-17-11(15-7-16-17)6-19-12-8(5-18)3-9(13)4-10(12)14/h3-4,7,18H,2,5-6H2,1H3. The second-order valence-electron chi connectivity index (χ2n) is 3.81. The molecule has 0 unspecified atom stereocenters. The molecule has 0 radical (unpaired) electrons. The molecule has 2 aromatic rings. The maximum absolute atomic E-state index is 9.29. The summed E-state index contributed by atoms with van der Waals surface area (Å²) in [5.41, 5.74) is 0.542. The molecular formula is C12H13Cl2N3O2. The summed E-state index contributed by atoms with van der Waals surface area (Å²) in [5, 5.41) is 14.2. The summed E-state index contributed by atoms with van der Waals surface area (Å²) in [5.74, 6) is 1.11. The molecular weight excluding hydrogens is 289 g/mol. The number of halogens is 2. The zero-order valence-electron chi connectivity index (χ0n) is 10.3. The molecule has 0 saturated carbocycles. The molecule has 2 rings (SSSR count). The smallest absolute Gasteiger partial charge is 0.164 e. The van der Waals surface area contributed by atoms with Crippen LogP contribution >= 0.6 is 23.2 Å². The van der Waals surface area contributed by atoms with Crippen molar-refractivity contribution >= 4 is 23.2 Å². The van der Waals surface area contributed by atoms with Crippen LogP contribution in [0.2, 0.25) is 10.0 Å². The molecule has 0 atom stereocenters. The van der Waals surface area contributed by atoms with Crippen LogP contribution in [-0.2, 0) is 19.8 Å². The Balaban J connectivity index is 2.20. The minimum Gasteiger partial charge on any atom is -0.484 e. The van der Waals surface area contributed by atoms with Gasteiger partial charge in [0, 0.05) is 17.1 Å². The van der Waals surface area contributed by atoms with Crippen molar-refractivity contribution in [3.63, 3.8) is 0 Å². The third kappa shape index (κ3) is 3.18. The summed E-state index contributed by atoms with van der Waals surface area (Å²) < 4.78 is 7.35. The van der Waals surface area contributed by atoms with Gasteiger partial charge < -0.3 is 9.84 Å². The lowest BCUT2D eigenvalue weighted by Gasteiger charge is -2.12. The summed E-state index contributed by atoms with van der Waals surface area (Å²) in [6.45, 7) is 2.70. The van der Waals surface area contributed by atoms with Crippen molar-refractivity contribution in [1.82, 2.24) is 14.8 Å². The van der Waals surface area contributed by atoms with Gasteiger partial charge in [0.1, 0.15) is 18.7 Å². The number of hydrogen-bond donors (Lipinski definition) is 1. The molecule has 5 nitrogen and oxygen atoms in total. The first-order valence-electron chi connectivity index (χ1n) is 5.74. The van der Waals surface area contributed by atoms with Crippen molar-refractivity contribution in [3.8, 4) is 5.75 Å². The molecule has 1 aromatic carbocycles. The zero-order valence-corrected chi connectivity index (χ0v) is 11.8. The molecule has 0 fully saturated rings. The molecule has 0 aliphatic rings. The van der Waals surface area contributed by atoms with Crippen molar-refractivity contribution in [2.24, 2.45) is 0 Å². The lowest BCUT2D eigenvalue weighted by atomic mass is 10.2. The van der Waals surface area contributed by atoms with E-state index in [4.69, 9.17) is 27.9 Å². The van der Waals surface area contributed by atoms with E-state index in [1.165, 1.54) is 6.33 Å². The summed E-state index contributed by atoms with van der Waals surface area (Å²) in [7, 11) is 0. The number of hydrogen-bond acceptors (Lipinski definition) is 4. The molecule has 1 N–H and O–H groups in total. The van der Waals surface area contributed by atoms with Crippen LogP contribution in [0.25, 0.3) is 0 Å². The predicted molar refractivity (Wildman–Crippen MR) is 72.4 cm³/mol. The largest absolute Gasteiger partial charge is 0.484 e. The fourth-order valence-corrected chi connectivity index (χ4v) is 2.28. The zero-order chi connectivity index (χ0) is 13.8. The van der Waals surface area contributed by atoms with Crippen LogP contribution in [-0.4, -0.2) is 19.9 Å². The molecule has 0 saturated heterocycles. The number of rotatable bonds is 5. The number of aliphatic hydroxyl groups excluding tert-OH is 1. The Labute approximate surface area is 120 Å². The molecule has 0 spiro atoms. The van der Waals surface area contributed by atoms with E-state index in [-0.39, 0.29) is 13.2 Å². The maximum Gasteiger partial charge on any atom is 0.164 e. The van der Waals surface area contributed by atoms with E-state index >= 15 is 0 Å². The number of aryl methyl sites for hydroxylation is 1. The summed E-state index contributed by atoms with van der Waals surface area (Å²) in [6, 6.07) is 3.19. The topological polar surface area (TPSA) is 60.2 Å². The van der Waals surface area contributed by atoms with Gasteiger partial charge in [-0.25, -0.2) is 9.67 Å². The minimum absolute atomic E-state index is 0.198. The third-order valence-electron chi connectivity index (χ3n) is 2.60. The Bertz CT molecular complexity index is 572. The number of nitrogens with zero attached hydrogens (tertiary/aromatic N) is 3. The van der Waals surface area contributed by atoms with Crippen molar-refractivity contribution in [3.05, 3.63) is 39.9 Å². The normalized spacial score (nSPS) is 10.7. The summed E-state index contributed by atoms with van der Waals surface area (Å²) >= 11 is 11.9. The maximum atomic E-state index is 9.29. The fourth-order valence-electron chi connectivity index (χ4n) is 1.69. The van der Waals surface area contributed by atoms with E-state index in [9.17, 15) is 5.11 Å². The molecule has 1 aromatic heterocycles. The van der Waals surface area contributed by atoms with Gasteiger partial charge in [0.25, 0.3) is 0 Å². The van der Waals surface area contributed by atoms with Gasteiger partial charge in [-0.15, -0.1) is 0 Å². The number of aromatic nitrogens is 3. The number of aliphatic hydroxyl groups is 1. The average Bonchev–Trinajstić information content (AvgIpc) is 2.84. The lowest BCUT2D eigenvalue weighted by molar-refractivity contribution is 0.253. The van der Waals surface area contributed by atoms with E-state index in [1.807, 2.05) is 6.92 Å². The van der Waals surface area contributed by atoms with Crippen LogP contribution in [0.15, 0.2) is 18.5 Å². The van der Waals surface area contributed by atoms with E-state index in [2.05, 4.69) is 10.1 Å². The highest BCUT2D eigenvalue weighted by atomic mass is 35.5. The number of ether oxygens (including phenoxy) is 1. The van der Waals surface area contributed by atoms with Crippen molar-refractivity contribution in [1.29, 1.82) is 0 Å². The Morgan fingerprint density at radius 1 is 1.37 bits per heavy atom. The van der Waals surface area contributed by atoms with Gasteiger partial charge in [-0.05, 0) is 19.1 Å². The highest BCUT2D eigenvalue weighted by Gasteiger charge is 2.12. The van der Waals surface area contributed by atoms with Gasteiger partial charge in [-0.3, -0.25) is 0 Å². The van der Waals surface area contributed by atoms with E-state index in [0.29, 0.717) is 33.7 Å². The average molecular weight is 302 g/mol. The van der Waals surface area contributed by atoms with Gasteiger partial charge in [0.05, 0.1) is 11.6 Å². The van der Waals surface area contributed by atoms with Gasteiger partial charge in [0.2, 0.25) is 0 Å². The molecule has 19 heavy (non-hydrogen) atoms. The first-order chi connectivity index (χ1) is 9.15. The molecule has 0 aliphatic carbocycles. The van der Waals surface area contributed by atoms with Gasteiger partial charge in [0.15, 0.2) is 5.82 Å². The first-order valence-corrected chi connectivity index (χ1v) is 6.49. The molecule has 0 bridgehead atoms. The SMILES string of the molecule is CCn1ncnc1COc1c(Cl)cc(Cl)cc1CO. The third-order valence-corrected chi connectivity index (χ3v) is 3.10. The highest BCUT2D eigenvalue weighted by Crippen LogP contribution is 2.32. The Morgan fingerprint density at radius 2 is 2.16 bits per heavy atom. The minimum atomic E-state index is -0.198. The summed E-state index contributed by atoms with van der Waals surface area (Å²) in [4.78, 5) is 4.10. The molecule has 0 amide bonds. The van der Waals surface area contributed by atoms with Crippen LogP contribution in [0.3, 0.4) is 0 Å². The Morgan fingerprint density at radius 3 is 2.84 bits per heavy atom. The van der Waals surface area contributed by atoms with Gasteiger partial charge in [-0.2, -0.15) is 5.10 Å². The molecule has 7 heteroatoms. The van der Waals surface area contributed by atoms with E-state index in [0.717, 1.165) is 0 Å². The first kappa shape index (κ1) is 14.1. The molecule has 1 heterocycles. The number of benzene rings is 1. The van der Waals surface area contributed by atoms with Crippen molar-refractivity contribution < 1.29 is 9.84 Å². The quantitative estimate of drug-likeness (QED) is 0.922. The Hall–Kier alpha value is -1.30. The van der Waals surface area contributed by atoms with Crippen molar-refractivity contribution in [2.75, 3.05) is 0 Å². The van der Waals surface area contributed by atoms with Gasteiger partial charge >= 0.3 is 0 Å². The predicted octanol–water partition coefficient (Wildman–Crippen LogP) is 2.68. The van der Waals surface area contributed by atoms with Crippen LogP contribution < -0.4 is 4.74 Å². The monoisotopic (exact) mass is 301 g/mol. The van der Waals surface area contributed by atoms with Crippen LogP contribution in [0.1, 0.15) is 18.3 Å².